The summed E-state index contributed by atoms with van der Waals surface area (Å²) >= 11 is 3.51. The molecule has 3 nitrogen and oxygen atoms in total. The molecule has 1 unspecified atom stereocenters. The van der Waals surface area contributed by atoms with Crippen LogP contribution < -0.4 is 5.32 Å². The Kier molecular flexibility index (Phi) is 2.69. The van der Waals surface area contributed by atoms with Gasteiger partial charge < -0.3 is 9.88 Å². The Morgan fingerprint density at radius 2 is 2.44 bits per heavy atom. The van der Waals surface area contributed by atoms with Gasteiger partial charge in [-0.1, -0.05) is 15.9 Å². The number of aromatic nitrogens is 2. The summed E-state index contributed by atoms with van der Waals surface area (Å²) < 4.78 is 3.35. The summed E-state index contributed by atoms with van der Waals surface area (Å²) in [5.41, 5.74) is 2.28. The highest BCUT2D eigenvalue weighted by atomic mass is 79.9. The summed E-state index contributed by atoms with van der Waals surface area (Å²) in [4.78, 5) is 4.42. The summed E-state index contributed by atoms with van der Waals surface area (Å²) in [5.74, 6) is 0. The van der Waals surface area contributed by atoms with E-state index in [0.29, 0.717) is 6.04 Å². The molecule has 1 aliphatic rings. The number of rotatable bonds is 2. The largest absolute Gasteiger partial charge is 0.329 e. The first-order chi connectivity index (χ1) is 7.83. The molecule has 0 bridgehead atoms. The normalized spacial score (nSPS) is 20.7. The first-order valence-corrected chi connectivity index (χ1v) is 6.46. The smallest absolute Gasteiger partial charge is 0.0958 e. The zero-order valence-corrected chi connectivity index (χ0v) is 10.6. The molecule has 4 heteroatoms. The number of nitrogens with zero attached hydrogens (tertiary/aromatic N) is 2. The van der Waals surface area contributed by atoms with E-state index in [2.05, 4.69) is 42.9 Å². The summed E-state index contributed by atoms with van der Waals surface area (Å²) in [6, 6.07) is 6.83. The molecule has 1 aromatic heterocycles. The lowest BCUT2D eigenvalue weighted by Crippen LogP contribution is -2.26. The van der Waals surface area contributed by atoms with Crippen molar-refractivity contribution in [1.82, 2.24) is 14.9 Å². The number of imidazole rings is 1. The maximum Gasteiger partial charge on any atom is 0.0958 e. The molecule has 0 aliphatic carbocycles. The number of benzene rings is 1. The lowest BCUT2D eigenvalue weighted by Gasteiger charge is -2.11. The van der Waals surface area contributed by atoms with Crippen molar-refractivity contribution >= 4 is 27.0 Å². The fourth-order valence-corrected chi connectivity index (χ4v) is 2.67. The molecule has 1 atom stereocenters. The zero-order valence-electron chi connectivity index (χ0n) is 8.99. The maximum atomic E-state index is 4.42. The molecule has 1 fully saturated rings. The van der Waals surface area contributed by atoms with Crippen LogP contribution in [-0.4, -0.2) is 22.1 Å². The maximum absolute atomic E-state index is 4.42. The van der Waals surface area contributed by atoms with Gasteiger partial charge in [0.15, 0.2) is 0 Å². The highest BCUT2D eigenvalue weighted by molar-refractivity contribution is 9.10. The van der Waals surface area contributed by atoms with Crippen LogP contribution in [-0.2, 0) is 6.54 Å². The lowest BCUT2D eigenvalue weighted by atomic mass is 10.2. The van der Waals surface area contributed by atoms with Gasteiger partial charge in [-0.3, -0.25) is 0 Å². The molecule has 84 valence electrons. The molecule has 1 aromatic carbocycles. The van der Waals surface area contributed by atoms with Crippen LogP contribution in [0.15, 0.2) is 29.0 Å². The summed E-state index contributed by atoms with van der Waals surface area (Å²) in [5, 5.41) is 3.51. The van der Waals surface area contributed by atoms with E-state index in [1.54, 1.807) is 0 Å². The van der Waals surface area contributed by atoms with Crippen LogP contribution in [0.4, 0.5) is 0 Å². The van der Waals surface area contributed by atoms with Gasteiger partial charge in [0.05, 0.1) is 17.4 Å². The van der Waals surface area contributed by atoms with Crippen LogP contribution in [0.3, 0.4) is 0 Å². The van der Waals surface area contributed by atoms with Crippen molar-refractivity contribution in [3.8, 4) is 0 Å². The van der Waals surface area contributed by atoms with E-state index in [9.17, 15) is 0 Å². The van der Waals surface area contributed by atoms with Gasteiger partial charge in [-0.05, 0) is 37.6 Å². The third kappa shape index (κ3) is 1.87. The molecular weight excluding hydrogens is 266 g/mol. The molecular formula is C12H14BrN3. The topological polar surface area (TPSA) is 29.9 Å². The van der Waals surface area contributed by atoms with Crippen LogP contribution in [0.1, 0.15) is 12.8 Å². The second-order valence-corrected chi connectivity index (χ2v) is 5.24. The van der Waals surface area contributed by atoms with Gasteiger partial charge in [-0.2, -0.15) is 0 Å². The van der Waals surface area contributed by atoms with Gasteiger partial charge in [-0.15, -0.1) is 0 Å². The van der Waals surface area contributed by atoms with Crippen molar-refractivity contribution in [2.45, 2.75) is 25.4 Å². The highest BCUT2D eigenvalue weighted by Gasteiger charge is 2.15. The summed E-state index contributed by atoms with van der Waals surface area (Å²) in [6.07, 6.45) is 4.51. The van der Waals surface area contributed by atoms with Gasteiger partial charge in [0.1, 0.15) is 0 Å². The van der Waals surface area contributed by atoms with Crippen LogP contribution in [0, 0.1) is 0 Å². The molecule has 0 radical (unpaired) electrons. The molecule has 1 aliphatic heterocycles. The second kappa shape index (κ2) is 4.18. The van der Waals surface area contributed by atoms with E-state index in [-0.39, 0.29) is 0 Å². The molecule has 2 heterocycles. The molecule has 1 saturated heterocycles. The van der Waals surface area contributed by atoms with Gasteiger partial charge >= 0.3 is 0 Å². The van der Waals surface area contributed by atoms with Crippen molar-refractivity contribution in [3.05, 3.63) is 29.0 Å². The van der Waals surface area contributed by atoms with Crippen molar-refractivity contribution < 1.29 is 0 Å². The Hall–Kier alpha value is -0.870. The van der Waals surface area contributed by atoms with E-state index in [1.165, 1.54) is 18.4 Å². The Balaban J connectivity index is 1.93. The summed E-state index contributed by atoms with van der Waals surface area (Å²) in [6.45, 7) is 2.17. The van der Waals surface area contributed by atoms with E-state index >= 15 is 0 Å². The third-order valence-corrected chi connectivity index (χ3v) is 3.66. The fourth-order valence-electron chi connectivity index (χ4n) is 2.33. The van der Waals surface area contributed by atoms with E-state index in [1.807, 2.05) is 12.4 Å². The minimum atomic E-state index is 0.608. The number of fused-ring (bicyclic) bond motifs is 1. The van der Waals surface area contributed by atoms with Crippen LogP contribution in [0.25, 0.3) is 11.0 Å². The lowest BCUT2D eigenvalue weighted by molar-refractivity contribution is 0.517. The Morgan fingerprint density at radius 1 is 1.50 bits per heavy atom. The van der Waals surface area contributed by atoms with Crippen molar-refractivity contribution in [2.24, 2.45) is 0 Å². The van der Waals surface area contributed by atoms with Crippen LogP contribution in [0.5, 0.6) is 0 Å². The minimum absolute atomic E-state index is 0.608. The zero-order chi connectivity index (χ0) is 11.0. The van der Waals surface area contributed by atoms with Crippen molar-refractivity contribution in [3.63, 3.8) is 0 Å². The van der Waals surface area contributed by atoms with Crippen LogP contribution >= 0.6 is 15.9 Å². The van der Waals surface area contributed by atoms with Gasteiger partial charge in [0.25, 0.3) is 0 Å². The Bertz CT molecular complexity index is 500. The monoisotopic (exact) mass is 279 g/mol. The molecule has 1 N–H and O–H groups in total. The van der Waals surface area contributed by atoms with E-state index in [0.717, 1.165) is 23.1 Å². The second-order valence-electron chi connectivity index (χ2n) is 4.32. The van der Waals surface area contributed by atoms with E-state index < -0.39 is 0 Å². The molecule has 3 rings (SSSR count). The summed E-state index contributed by atoms with van der Waals surface area (Å²) in [7, 11) is 0. The minimum Gasteiger partial charge on any atom is -0.329 e. The standard InChI is InChI=1S/C12H14BrN3/c13-9-3-4-11-12(6-9)16(8-15-11)7-10-2-1-5-14-10/h3-4,6,8,10,14H,1-2,5,7H2. The number of hydrogen-bond acceptors (Lipinski definition) is 2. The van der Waals surface area contributed by atoms with Gasteiger partial charge in [-0.25, -0.2) is 4.98 Å². The highest BCUT2D eigenvalue weighted by Crippen LogP contribution is 2.20. The Labute approximate surface area is 103 Å². The quantitative estimate of drug-likeness (QED) is 0.916. The van der Waals surface area contributed by atoms with Gasteiger partial charge in [0, 0.05) is 17.1 Å². The first-order valence-electron chi connectivity index (χ1n) is 5.67. The fraction of sp³-hybridized carbons (Fsp3) is 0.417. The SMILES string of the molecule is Brc1ccc2ncn(CC3CCCN3)c2c1. The van der Waals surface area contributed by atoms with E-state index in [4.69, 9.17) is 0 Å². The molecule has 0 spiro atoms. The average molecular weight is 280 g/mol. The first kappa shape index (κ1) is 10.3. The molecule has 2 aromatic rings. The number of halogens is 1. The Morgan fingerprint density at radius 3 is 3.25 bits per heavy atom. The predicted molar refractivity (Wildman–Crippen MR) is 68.5 cm³/mol. The van der Waals surface area contributed by atoms with Crippen molar-refractivity contribution in [1.29, 1.82) is 0 Å². The molecule has 16 heavy (non-hydrogen) atoms. The van der Waals surface area contributed by atoms with Crippen LogP contribution in [0.2, 0.25) is 0 Å². The number of nitrogens with one attached hydrogen (secondary N) is 1. The number of hydrogen-bond donors (Lipinski definition) is 1. The van der Waals surface area contributed by atoms with Gasteiger partial charge in [0.2, 0.25) is 0 Å². The molecule has 0 amide bonds. The third-order valence-electron chi connectivity index (χ3n) is 3.16. The predicted octanol–water partition coefficient (Wildman–Crippen LogP) is 2.55. The molecule has 0 saturated carbocycles. The average Bonchev–Trinajstić information content (AvgIpc) is 2.90. The van der Waals surface area contributed by atoms with Crippen molar-refractivity contribution in [2.75, 3.05) is 6.54 Å².